The van der Waals surface area contributed by atoms with E-state index in [9.17, 15) is 19.2 Å². The Labute approximate surface area is 176 Å². The number of rotatable bonds is 9. The standard InChI is InChI=1S/C22H29N3O5/c1-22(2,3)30-21(29)24-17-10-8-16(9-11-17)15-23-18(26)7-5-4-6-14-25-19(27)12-13-20(25)28/h8-13H,4-7,14-15H2,1-3H3,(H,23,26)(H,24,29). The van der Waals surface area contributed by atoms with Crippen LogP contribution >= 0.6 is 0 Å². The number of hydrogen-bond acceptors (Lipinski definition) is 5. The molecule has 0 saturated carbocycles. The molecular weight excluding hydrogens is 386 g/mol. The molecule has 1 aromatic carbocycles. The maximum Gasteiger partial charge on any atom is 0.412 e. The molecule has 2 rings (SSSR count). The van der Waals surface area contributed by atoms with Crippen molar-refractivity contribution in [2.75, 3.05) is 11.9 Å². The summed E-state index contributed by atoms with van der Waals surface area (Å²) in [5, 5.41) is 5.51. The second-order valence-corrected chi connectivity index (χ2v) is 8.07. The number of imide groups is 1. The van der Waals surface area contributed by atoms with Crippen molar-refractivity contribution in [1.82, 2.24) is 10.2 Å². The van der Waals surface area contributed by atoms with E-state index in [1.54, 1.807) is 32.9 Å². The van der Waals surface area contributed by atoms with Gasteiger partial charge in [-0.2, -0.15) is 0 Å². The average Bonchev–Trinajstić information content (AvgIpc) is 2.97. The van der Waals surface area contributed by atoms with Gasteiger partial charge in [0.25, 0.3) is 11.8 Å². The molecule has 0 atom stereocenters. The topological polar surface area (TPSA) is 105 Å². The summed E-state index contributed by atoms with van der Waals surface area (Å²) < 4.78 is 5.20. The fourth-order valence-corrected chi connectivity index (χ4v) is 2.80. The minimum atomic E-state index is -0.561. The zero-order valence-electron chi connectivity index (χ0n) is 17.7. The molecular formula is C22H29N3O5. The number of carbonyl (C=O) groups is 4. The van der Waals surface area contributed by atoms with Gasteiger partial charge in [0.2, 0.25) is 5.91 Å². The number of benzene rings is 1. The molecule has 0 saturated heterocycles. The zero-order valence-corrected chi connectivity index (χ0v) is 17.7. The predicted octanol–water partition coefficient (Wildman–Crippen LogP) is 3.14. The minimum Gasteiger partial charge on any atom is -0.444 e. The monoisotopic (exact) mass is 415 g/mol. The van der Waals surface area contributed by atoms with Crippen molar-refractivity contribution in [3.05, 3.63) is 42.0 Å². The third kappa shape index (κ3) is 8.06. The number of anilines is 1. The lowest BCUT2D eigenvalue weighted by molar-refractivity contribution is -0.137. The molecule has 0 bridgehead atoms. The first-order valence-corrected chi connectivity index (χ1v) is 10.0. The molecule has 1 heterocycles. The fraction of sp³-hybridized carbons (Fsp3) is 0.455. The molecule has 162 valence electrons. The van der Waals surface area contributed by atoms with Gasteiger partial charge in [-0.05, 0) is 51.3 Å². The Morgan fingerprint density at radius 1 is 0.967 bits per heavy atom. The van der Waals surface area contributed by atoms with Crippen LogP contribution in [-0.2, 0) is 25.7 Å². The van der Waals surface area contributed by atoms with E-state index in [0.29, 0.717) is 38.0 Å². The lowest BCUT2D eigenvalue weighted by atomic mass is 10.1. The van der Waals surface area contributed by atoms with Crippen LogP contribution in [0.15, 0.2) is 36.4 Å². The summed E-state index contributed by atoms with van der Waals surface area (Å²) in [6.07, 6.45) is 4.55. The van der Waals surface area contributed by atoms with Gasteiger partial charge in [0.1, 0.15) is 5.60 Å². The highest BCUT2D eigenvalue weighted by Gasteiger charge is 2.22. The number of ether oxygens (including phenoxy) is 1. The molecule has 8 heteroatoms. The van der Waals surface area contributed by atoms with Crippen LogP contribution in [0.2, 0.25) is 0 Å². The highest BCUT2D eigenvalue weighted by Crippen LogP contribution is 2.13. The van der Waals surface area contributed by atoms with Gasteiger partial charge < -0.3 is 10.1 Å². The van der Waals surface area contributed by atoms with Crippen LogP contribution in [0.4, 0.5) is 10.5 Å². The van der Waals surface area contributed by atoms with E-state index < -0.39 is 11.7 Å². The summed E-state index contributed by atoms with van der Waals surface area (Å²) in [7, 11) is 0. The number of hydrogen-bond donors (Lipinski definition) is 2. The molecule has 0 unspecified atom stereocenters. The normalized spacial score (nSPS) is 13.5. The first kappa shape index (κ1) is 23.1. The van der Waals surface area contributed by atoms with Gasteiger partial charge in [0.15, 0.2) is 0 Å². The smallest absolute Gasteiger partial charge is 0.412 e. The molecule has 1 aromatic rings. The van der Waals surface area contributed by atoms with Crippen molar-refractivity contribution < 1.29 is 23.9 Å². The second-order valence-electron chi connectivity index (χ2n) is 8.07. The number of nitrogens with zero attached hydrogens (tertiary/aromatic N) is 1. The summed E-state index contributed by atoms with van der Waals surface area (Å²) in [6, 6.07) is 7.15. The molecule has 1 aliphatic rings. The number of nitrogens with one attached hydrogen (secondary N) is 2. The number of unbranched alkanes of at least 4 members (excludes halogenated alkanes) is 2. The Bertz CT molecular complexity index is 791. The van der Waals surface area contributed by atoms with Gasteiger partial charge in [0.05, 0.1) is 0 Å². The summed E-state index contributed by atoms with van der Waals surface area (Å²) in [5.41, 5.74) is 0.968. The van der Waals surface area contributed by atoms with E-state index in [2.05, 4.69) is 10.6 Å². The highest BCUT2D eigenvalue weighted by molar-refractivity contribution is 6.12. The van der Waals surface area contributed by atoms with Gasteiger partial charge in [0, 0.05) is 37.3 Å². The van der Waals surface area contributed by atoms with Gasteiger partial charge in [-0.1, -0.05) is 18.6 Å². The quantitative estimate of drug-likeness (QED) is 0.476. The Morgan fingerprint density at radius 2 is 1.60 bits per heavy atom. The van der Waals surface area contributed by atoms with E-state index >= 15 is 0 Å². The minimum absolute atomic E-state index is 0.0547. The van der Waals surface area contributed by atoms with Crippen molar-refractivity contribution in [2.24, 2.45) is 0 Å². The van der Waals surface area contributed by atoms with Crippen molar-refractivity contribution in [2.45, 2.75) is 58.6 Å². The van der Waals surface area contributed by atoms with E-state index in [4.69, 9.17) is 4.74 Å². The van der Waals surface area contributed by atoms with Crippen molar-refractivity contribution in [3.63, 3.8) is 0 Å². The molecule has 0 aromatic heterocycles. The number of carbonyl (C=O) groups excluding carboxylic acids is 4. The first-order chi connectivity index (χ1) is 14.1. The summed E-state index contributed by atoms with van der Waals surface area (Å²) in [6.45, 7) is 6.17. The number of amides is 4. The van der Waals surface area contributed by atoms with Crippen LogP contribution in [-0.4, -0.2) is 40.9 Å². The van der Waals surface area contributed by atoms with Gasteiger partial charge in [-0.3, -0.25) is 24.6 Å². The Kier molecular flexibility index (Phi) is 8.15. The van der Waals surface area contributed by atoms with E-state index in [1.165, 1.54) is 17.1 Å². The van der Waals surface area contributed by atoms with Crippen LogP contribution in [0.3, 0.4) is 0 Å². The van der Waals surface area contributed by atoms with Gasteiger partial charge in [-0.15, -0.1) is 0 Å². The van der Waals surface area contributed by atoms with Gasteiger partial charge >= 0.3 is 6.09 Å². The molecule has 4 amide bonds. The van der Waals surface area contributed by atoms with E-state index in [-0.39, 0.29) is 17.7 Å². The maximum absolute atomic E-state index is 12.0. The summed E-state index contributed by atoms with van der Waals surface area (Å²) >= 11 is 0. The van der Waals surface area contributed by atoms with Crippen LogP contribution in [0, 0.1) is 0 Å². The molecule has 1 aliphatic heterocycles. The van der Waals surface area contributed by atoms with Crippen LogP contribution in [0.1, 0.15) is 52.0 Å². The maximum atomic E-state index is 12.0. The van der Waals surface area contributed by atoms with E-state index in [1.807, 2.05) is 12.1 Å². The zero-order chi connectivity index (χ0) is 22.1. The molecule has 0 aliphatic carbocycles. The van der Waals surface area contributed by atoms with Crippen LogP contribution < -0.4 is 10.6 Å². The fourth-order valence-electron chi connectivity index (χ4n) is 2.80. The van der Waals surface area contributed by atoms with Crippen molar-refractivity contribution >= 4 is 29.5 Å². The molecule has 8 nitrogen and oxygen atoms in total. The molecule has 0 fully saturated rings. The second kappa shape index (κ2) is 10.6. The Balaban J connectivity index is 1.61. The van der Waals surface area contributed by atoms with Crippen molar-refractivity contribution in [3.8, 4) is 0 Å². The lowest BCUT2D eigenvalue weighted by Crippen LogP contribution is -2.30. The summed E-state index contributed by atoms with van der Waals surface area (Å²) in [4.78, 5) is 47.8. The van der Waals surface area contributed by atoms with Crippen LogP contribution in [0.5, 0.6) is 0 Å². The molecule has 2 N–H and O–H groups in total. The third-order valence-corrected chi connectivity index (χ3v) is 4.28. The SMILES string of the molecule is CC(C)(C)OC(=O)Nc1ccc(CNC(=O)CCCCCN2C(=O)C=CC2=O)cc1. The largest absolute Gasteiger partial charge is 0.444 e. The molecule has 0 spiro atoms. The van der Waals surface area contributed by atoms with Crippen molar-refractivity contribution in [1.29, 1.82) is 0 Å². The average molecular weight is 415 g/mol. The Morgan fingerprint density at radius 3 is 2.20 bits per heavy atom. The van der Waals surface area contributed by atoms with Crippen LogP contribution in [0.25, 0.3) is 0 Å². The highest BCUT2D eigenvalue weighted by atomic mass is 16.6. The summed E-state index contributed by atoms with van der Waals surface area (Å²) in [5.74, 6) is -0.601. The predicted molar refractivity (Wildman–Crippen MR) is 112 cm³/mol. The van der Waals surface area contributed by atoms with E-state index in [0.717, 1.165) is 12.0 Å². The first-order valence-electron chi connectivity index (χ1n) is 10.0. The Hall–Kier alpha value is -3.16. The molecule has 0 radical (unpaired) electrons. The van der Waals surface area contributed by atoms with Gasteiger partial charge in [-0.25, -0.2) is 4.79 Å². The lowest BCUT2D eigenvalue weighted by Gasteiger charge is -2.19. The molecule has 30 heavy (non-hydrogen) atoms. The third-order valence-electron chi connectivity index (χ3n) is 4.28.